The van der Waals surface area contributed by atoms with E-state index in [0.29, 0.717) is 24.3 Å². The van der Waals surface area contributed by atoms with Gasteiger partial charge in [0.05, 0.1) is 27.8 Å². The molecule has 2 atom stereocenters. The van der Waals surface area contributed by atoms with Gasteiger partial charge in [-0.3, -0.25) is 9.59 Å². The lowest BCUT2D eigenvalue weighted by Gasteiger charge is -2.12. The van der Waals surface area contributed by atoms with E-state index in [1.165, 1.54) is 5.32 Å². The third-order valence-corrected chi connectivity index (χ3v) is 6.25. The topological polar surface area (TPSA) is 58.2 Å². The van der Waals surface area contributed by atoms with Gasteiger partial charge in [-0.05, 0) is 29.8 Å². The highest BCUT2D eigenvalue weighted by Gasteiger charge is 2.67. The molecule has 2 amide bonds. The molecule has 35 heavy (non-hydrogen) atoms. The molecule has 2 aromatic carbocycles. The first-order valence-electron chi connectivity index (χ1n) is 9.32. The van der Waals surface area contributed by atoms with Crippen LogP contribution < -0.4 is 10.6 Å². The maximum Gasteiger partial charge on any atom is 0.419 e. The molecule has 4 nitrogen and oxygen atoms in total. The number of alkyl halides is 8. The molecule has 0 aliphatic heterocycles. The van der Waals surface area contributed by atoms with E-state index >= 15 is 0 Å². The van der Waals surface area contributed by atoms with Gasteiger partial charge in [0.15, 0.2) is 0 Å². The minimum absolute atomic E-state index is 0.215. The first-order chi connectivity index (χ1) is 15.9. The highest BCUT2D eigenvalue weighted by molar-refractivity contribution is 6.53. The van der Waals surface area contributed by atoms with Gasteiger partial charge in [0.1, 0.15) is 22.5 Å². The predicted octanol–water partition coefficient (Wildman–Crippen LogP) is 6.46. The van der Waals surface area contributed by atoms with Gasteiger partial charge in [-0.1, -0.05) is 17.7 Å². The molecule has 0 spiro atoms. The minimum atomic E-state index is -5.04. The fourth-order valence-corrected chi connectivity index (χ4v) is 4.39. The third-order valence-electron chi connectivity index (χ3n) is 5.00. The monoisotopic (exact) mass is 568 g/mol. The van der Waals surface area contributed by atoms with Gasteiger partial charge < -0.3 is 10.6 Å². The van der Waals surface area contributed by atoms with E-state index in [-0.39, 0.29) is 5.56 Å². The number of anilines is 1. The average molecular weight is 570 g/mol. The minimum Gasteiger partial charge on any atom is -0.343 e. The van der Waals surface area contributed by atoms with Crippen molar-refractivity contribution in [2.45, 2.75) is 22.6 Å². The quantitative estimate of drug-likeness (QED) is 0.321. The number of benzene rings is 2. The van der Waals surface area contributed by atoms with E-state index in [4.69, 9.17) is 34.8 Å². The van der Waals surface area contributed by atoms with Crippen molar-refractivity contribution in [3.05, 3.63) is 63.7 Å². The van der Waals surface area contributed by atoms with Crippen LogP contribution in [-0.2, 0) is 11.0 Å². The molecular weight excluding hydrogens is 559 g/mol. The summed E-state index contributed by atoms with van der Waals surface area (Å²) in [5.41, 5.74) is -3.10. The van der Waals surface area contributed by atoms with E-state index in [9.17, 15) is 44.7 Å². The predicted molar refractivity (Wildman–Crippen MR) is 110 cm³/mol. The van der Waals surface area contributed by atoms with Crippen molar-refractivity contribution in [1.29, 1.82) is 0 Å². The number of rotatable bonds is 5. The zero-order chi connectivity index (χ0) is 26.5. The Morgan fingerprint density at radius 3 is 2.17 bits per heavy atom. The van der Waals surface area contributed by atoms with E-state index < -0.39 is 80.4 Å². The van der Waals surface area contributed by atoms with Crippen LogP contribution in [0.15, 0.2) is 30.3 Å². The number of carbonyl (C=O) groups excluding carboxylic acids is 2. The molecule has 0 radical (unpaired) electrons. The Kier molecular flexibility index (Phi) is 7.24. The van der Waals surface area contributed by atoms with Crippen molar-refractivity contribution in [3.63, 3.8) is 0 Å². The standard InChI is InChI=1S/C20H11Cl3F8N2O2/c21-10-5-12(25)13(4-8(10)16(34)32-6-18(26,27)28)33-17(35)15-14(19(15,22)23)7-1-2-11(24)9(3-7)20(29,30)31/h1-5,14-15H,6H2,(H,32,34)(H,33,35)/t14-,15+/m0/s1. The van der Waals surface area contributed by atoms with Crippen LogP contribution in [0.4, 0.5) is 40.8 Å². The summed E-state index contributed by atoms with van der Waals surface area (Å²) in [7, 11) is 0. The summed E-state index contributed by atoms with van der Waals surface area (Å²) in [4.78, 5) is 24.7. The number of carbonyl (C=O) groups is 2. The number of amides is 2. The van der Waals surface area contributed by atoms with Crippen molar-refractivity contribution in [2.24, 2.45) is 5.92 Å². The Morgan fingerprint density at radius 1 is 0.971 bits per heavy atom. The maximum atomic E-state index is 14.3. The van der Waals surface area contributed by atoms with Crippen LogP contribution in [0.3, 0.4) is 0 Å². The van der Waals surface area contributed by atoms with Gasteiger partial charge in [0, 0.05) is 5.92 Å². The molecule has 0 saturated heterocycles. The first kappa shape index (κ1) is 27.3. The molecule has 1 fully saturated rings. The second kappa shape index (κ2) is 9.29. The Labute approximate surface area is 206 Å². The molecule has 0 aromatic heterocycles. The second-order valence-corrected chi connectivity index (χ2v) is 9.32. The summed E-state index contributed by atoms with van der Waals surface area (Å²) in [6.45, 7) is -1.70. The Morgan fingerprint density at radius 2 is 1.60 bits per heavy atom. The van der Waals surface area contributed by atoms with Gasteiger partial charge in [-0.2, -0.15) is 26.3 Å². The molecule has 0 unspecified atom stereocenters. The number of hydrogen-bond acceptors (Lipinski definition) is 2. The fraction of sp³-hybridized carbons (Fsp3) is 0.300. The molecular formula is C20H11Cl3F8N2O2. The van der Waals surface area contributed by atoms with Crippen LogP contribution in [-0.4, -0.2) is 28.9 Å². The van der Waals surface area contributed by atoms with Crippen molar-refractivity contribution in [3.8, 4) is 0 Å². The van der Waals surface area contributed by atoms with Crippen LogP contribution in [0.5, 0.6) is 0 Å². The van der Waals surface area contributed by atoms with Crippen LogP contribution in [0, 0.1) is 17.6 Å². The number of halogens is 11. The number of hydrogen-bond donors (Lipinski definition) is 2. The normalized spacial score (nSPS) is 19.3. The summed E-state index contributed by atoms with van der Waals surface area (Å²) in [5, 5.41) is 3.01. The molecule has 1 aliphatic rings. The SMILES string of the molecule is O=C(NCC(F)(F)F)c1cc(NC(=O)[C@H]2[C@H](c3ccc(F)c(C(F)(F)F)c3)C2(Cl)Cl)c(F)cc1Cl. The fourth-order valence-electron chi connectivity index (χ4n) is 3.33. The molecule has 190 valence electrons. The van der Waals surface area contributed by atoms with Crippen LogP contribution >= 0.6 is 34.8 Å². The van der Waals surface area contributed by atoms with E-state index in [2.05, 4.69) is 0 Å². The van der Waals surface area contributed by atoms with Gasteiger partial charge in [0.25, 0.3) is 5.91 Å². The van der Waals surface area contributed by atoms with Gasteiger partial charge >= 0.3 is 12.4 Å². The van der Waals surface area contributed by atoms with Crippen molar-refractivity contribution >= 4 is 52.3 Å². The molecule has 3 rings (SSSR count). The highest BCUT2D eigenvalue weighted by atomic mass is 35.5. The molecule has 1 saturated carbocycles. The van der Waals surface area contributed by atoms with E-state index in [1.54, 1.807) is 0 Å². The molecule has 15 heteroatoms. The average Bonchev–Trinajstić information content (AvgIpc) is 3.29. The summed E-state index contributed by atoms with van der Waals surface area (Å²) in [6.07, 6.45) is -9.78. The molecule has 1 aliphatic carbocycles. The van der Waals surface area contributed by atoms with Crippen molar-refractivity contribution < 1.29 is 44.7 Å². The summed E-state index contributed by atoms with van der Waals surface area (Å²) in [6, 6.07) is 3.16. The van der Waals surface area contributed by atoms with Gasteiger partial charge in [0.2, 0.25) is 5.91 Å². The Bertz CT molecular complexity index is 1180. The van der Waals surface area contributed by atoms with Gasteiger partial charge in [-0.15, -0.1) is 23.2 Å². The smallest absolute Gasteiger partial charge is 0.343 e. The van der Waals surface area contributed by atoms with E-state index in [0.717, 1.165) is 6.07 Å². The highest BCUT2D eigenvalue weighted by Crippen LogP contribution is 2.65. The molecule has 2 aromatic rings. The lowest BCUT2D eigenvalue weighted by atomic mass is 10.0. The summed E-state index contributed by atoms with van der Waals surface area (Å²) < 4.78 is 102. The van der Waals surface area contributed by atoms with E-state index in [1.807, 2.05) is 5.32 Å². The van der Waals surface area contributed by atoms with Crippen LogP contribution in [0.25, 0.3) is 0 Å². The first-order valence-corrected chi connectivity index (χ1v) is 10.5. The van der Waals surface area contributed by atoms with Crippen LogP contribution in [0.1, 0.15) is 27.4 Å². The molecule has 0 heterocycles. The third kappa shape index (κ3) is 5.92. The lowest BCUT2D eigenvalue weighted by molar-refractivity contribution is -0.140. The summed E-state index contributed by atoms with van der Waals surface area (Å²) >= 11 is 17.8. The molecule has 0 bridgehead atoms. The van der Waals surface area contributed by atoms with Crippen LogP contribution in [0.2, 0.25) is 5.02 Å². The maximum absolute atomic E-state index is 14.3. The zero-order valence-corrected chi connectivity index (χ0v) is 19.0. The summed E-state index contributed by atoms with van der Waals surface area (Å²) in [5.74, 6) is -7.80. The Hall–Kier alpha value is -2.31. The van der Waals surface area contributed by atoms with Crippen molar-refractivity contribution in [2.75, 3.05) is 11.9 Å². The molecule has 2 N–H and O–H groups in total. The second-order valence-electron chi connectivity index (χ2n) is 7.47. The zero-order valence-electron chi connectivity index (χ0n) is 16.7. The van der Waals surface area contributed by atoms with Gasteiger partial charge in [-0.25, -0.2) is 8.78 Å². The Balaban J connectivity index is 1.83. The lowest BCUT2D eigenvalue weighted by Crippen LogP contribution is -2.34. The largest absolute Gasteiger partial charge is 0.419 e. The number of nitrogens with one attached hydrogen (secondary N) is 2. The van der Waals surface area contributed by atoms with Crippen molar-refractivity contribution in [1.82, 2.24) is 5.32 Å².